The van der Waals surface area contributed by atoms with Gasteiger partial charge in [-0.3, -0.25) is 0 Å². The van der Waals surface area contributed by atoms with Crippen LogP contribution in [-0.4, -0.2) is 19.1 Å². The predicted octanol–water partition coefficient (Wildman–Crippen LogP) is 3.75. The molecule has 104 valence electrons. The third-order valence-electron chi connectivity index (χ3n) is 3.03. The molecule has 0 atom stereocenters. The van der Waals surface area contributed by atoms with Crippen molar-refractivity contribution >= 4 is 40.2 Å². The minimum absolute atomic E-state index is 0.339. The highest BCUT2D eigenvalue weighted by molar-refractivity contribution is 7.80. The fourth-order valence-electron chi connectivity index (χ4n) is 1.95. The molecule has 2 aromatic rings. The number of ether oxygens (including phenoxy) is 1. The summed E-state index contributed by atoms with van der Waals surface area (Å²) in [5.74, 6) is 0.785. The summed E-state index contributed by atoms with van der Waals surface area (Å²) in [6.07, 6.45) is 0. The molecule has 0 fully saturated rings. The Balaban J connectivity index is 2.49. The van der Waals surface area contributed by atoms with Crippen molar-refractivity contribution in [1.82, 2.24) is 0 Å². The molecule has 2 N–H and O–H groups in total. The van der Waals surface area contributed by atoms with E-state index in [0.29, 0.717) is 10.0 Å². The number of hydrogen-bond donors (Lipinski definition) is 1. The van der Waals surface area contributed by atoms with Crippen molar-refractivity contribution in [1.29, 1.82) is 0 Å². The number of hydrogen-bond acceptors (Lipinski definition) is 3. The summed E-state index contributed by atoms with van der Waals surface area (Å²) in [7, 11) is 3.57. The van der Waals surface area contributed by atoms with Gasteiger partial charge in [-0.05, 0) is 30.3 Å². The molecule has 2 rings (SSSR count). The molecule has 0 unspecified atom stereocenters. The fourth-order valence-corrected chi connectivity index (χ4v) is 2.29. The first-order valence-electron chi connectivity index (χ1n) is 6.00. The van der Waals surface area contributed by atoms with Gasteiger partial charge in [0.25, 0.3) is 0 Å². The Morgan fingerprint density at radius 1 is 1.25 bits per heavy atom. The zero-order chi connectivity index (χ0) is 14.7. The van der Waals surface area contributed by atoms with Crippen molar-refractivity contribution in [3.05, 3.63) is 53.1 Å². The van der Waals surface area contributed by atoms with Crippen molar-refractivity contribution in [2.24, 2.45) is 5.73 Å². The second-order valence-corrected chi connectivity index (χ2v) is 5.16. The second-order valence-electron chi connectivity index (χ2n) is 4.29. The van der Waals surface area contributed by atoms with Gasteiger partial charge in [0, 0.05) is 29.4 Å². The number of anilines is 2. The number of benzene rings is 2. The Bertz CT molecular complexity index is 646. The largest absolute Gasteiger partial charge is 0.497 e. The van der Waals surface area contributed by atoms with Crippen LogP contribution in [0.25, 0.3) is 0 Å². The van der Waals surface area contributed by atoms with Gasteiger partial charge in [0.05, 0.1) is 12.8 Å². The van der Waals surface area contributed by atoms with E-state index in [4.69, 9.17) is 34.3 Å². The van der Waals surface area contributed by atoms with Crippen LogP contribution in [0.3, 0.4) is 0 Å². The molecule has 0 amide bonds. The molecule has 5 heteroatoms. The van der Waals surface area contributed by atoms with Crippen LogP contribution in [0.2, 0.25) is 5.02 Å². The van der Waals surface area contributed by atoms with E-state index in [2.05, 4.69) is 0 Å². The first kappa shape index (κ1) is 14.6. The lowest BCUT2D eigenvalue weighted by Gasteiger charge is -2.23. The normalized spacial score (nSPS) is 10.2. The first-order valence-corrected chi connectivity index (χ1v) is 6.78. The summed E-state index contributed by atoms with van der Waals surface area (Å²) in [6, 6.07) is 13.2. The molecule has 0 heterocycles. The molecule has 0 bridgehead atoms. The molecule has 0 saturated heterocycles. The van der Waals surface area contributed by atoms with Crippen molar-refractivity contribution in [3.8, 4) is 5.75 Å². The van der Waals surface area contributed by atoms with E-state index < -0.39 is 0 Å². The molecule has 0 radical (unpaired) electrons. The van der Waals surface area contributed by atoms with Gasteiger partial charge in [0.15, 0.2) is 0 Å². The Morgan fingerprint density at radius 2 is 2.00 bits per heavy atom. The fraction of sp³-hybridized carbons (Fsp3) is 0.133. The van der Waals surface area contributed by atoms with Crippen molar-refractivity contribution in [2.75, 3.05) is 19.1 Å². The van der Waals surface area contributed by atoms with Gasteiger partial charge in [0.1, 0.15) is 10.7 Å². The standard InChI is InChI=1S/C15H15ClN2OS/c1-18(11-4-3-5-12(9-11)19-2)14-8-10(16)6-7-13(14)15(17)20/h3-9H,1-2H3,(H2,17,20). The first-order chi connectivity index (χ1) is 9.52. The van der Waals surface area contributed by atoms with E-state index in [1.165, 1.54) is 0 Å². The zero-order valence-electron chi connectivity index (χ0n) is 11.3. The topological polar surface area (TPSA) is 38.5 Å². The average molecular weight is 307 g/mol. The minimum atomic E-state index is 0.339. The Morgan fingerprint density at radius 3 is 2.65 bits per heavy atom. The Kier molecular flexibility index (Phi) is 4.47. The van der Waals surface area contributed by atoms with Crippen LogP contribution in [0, 0.1) is 0 Å². The molecule has 20 heavy (non-hydrogen) atoms. The number of methoxy groups -OCH3 is 1. The van der Waals surface area contributed by atoms with Gasteiger partial charge in [-0.1, -0.05) is 29.9 Å². The zero-order valence-corrected chi connectivity index (χ0v) is 12.8. The lowest BCUT2D eigenvalue weighted by Crippen LogP contribution is -2.17. The van der Waals surface area contributed by atoms with E-state index in [9.17, 15) is 0 Å². The lowest BCUT2D eigenvalue weighted by atomic mass is 10.1. The van der Waals surface area contributed by atoms with E-state index in [0.717, 1.165) is 22.7 Å². The smallest absolute Gasteiger partial charge is 0.120 e. The molecule has 2 aromatic carbocycles. The van der Waals surface area contributed by atoms with Gasteiger partial charge in [-0.25, -0.2) is 0 Å². The van der Waals surface area contributed by atoms with E-state index in [1.807, 2.05) is 48.3 Å². The number of thiocarbonyl (C=S) groups is 1. The molecule has 0 saturated carbocycles. The van der Waals surface area contributed by atoms with Crippen molar-refractivity contribution in [2.45, 2.75) is 0 Å². The number of nitrogens with zero attached hydrogens (tertiary/aromatic N) is 1. The van der Waals surface area contributed by atoms with E-state index >= 15 is 0 Å². The Labute approximate surface area is 128 Å². The maximum absolute atomic E-state index is 6.08. The molecular weight excluding hydrogens is 292 g/mol. The summed E-state index contributed by atoms with van der Waals surface area (Å²) in [5, 5.41) is 0.634. The van der Waals surface area contributed by atoms with Gasteiger partial charge in [0.2, 0.25) is 0 Å². The molecule has 0 aliphatic rings. The molecule has 0 aliphatic heterocycles. The Hall–Kier alpha value is -1.78. The summed E-state index contributed by atoms with van der Waals surface area (Å²) >= 11 is 11.2. The van der Waals surface area contributed by atoms with Gasteiger partial charge < -0.3 is 15.4 Å². The average Bonchev–Trinajstić information content (AvgIpc) is 2.46. The van der Waals surface area contributed by atoms with Crippen LogP contribution in [0.5, 0.6) is 5.75 Å². The van der Waals surface area contributed by atoms with Crippen molar-refractivity contribution in [3.63, 3.8) is 0 Å². The highest BCUT2D eigenvalue weighted by Crippen LogP contribution is 2.31. The lowest BCUT2D eigenvalue weighted by molar-refractivity contribution is 0.415. The van der Waals surface area contributed by atoms with Crippen LogP contribution < -0.4 is 15.4 Å². The van der Waals surface area contributed by atoms with Crippen molar-refractivity contribution < 1.29 is 4.74 Å². The number of rotatable bonds is 4. The van der Waals surface area contributed by atoms with Crippen LogP contribution in [0.15, 0.2) is 42.5 Å². The maximum atomic E-state index is 6.08. The summed E-state index contributed by atoms with van der Waals surface area (Å²) in [4.78, 5) is 2.31. The molecular formula is C15H15ClN2OS. The monoisotopic (exact) mass is 306 g/mol. The van der Waals surface area contributed by atoms with E-state index in [1.54, 1.807) is 13.2 Å². The number of nitrogens with two attached hydrogens (primary N) is 1. The third kappa shape index (κ3) is 3.03. The van der Waals surface area contributed by atoms with Crippen LogP contribution in [0.1, 0.15) is 5.56 Å². The summed E-state index contributed by atoms with van der Waals surface area (Å²) < 4.78 is 5.24. The minimum Gasteiger partial charge on any atom is -0.497 e. The summed E-state index contributed by atoms with van der Waals surface area (Å²) in [6.45, 7) is 0. The van der Waals surface area contributed by atoms with E-state index in [-0.39, 0.29) is 0 Å². The highest BCUT2D eigenvalue weighted by Gasteiger charge is 2.12. The molecule has 0 spiro atoms. The van der Waals surface area contributed by atoms with Gasteiger partial charge in [-0.2, -0.15) is 0 Å². The molecule has 0 aromatic heterocycles. The summed E-state index contributed by atoms with van der Waals surface area (Å²) in [5.41, 5.74) is 8.38. The van der Waals surface area contributed by atoms with Crippen LogP contribution >= 0.6 is 23.8 Å². The number of halogens is 1. The second kappa shape index (κ2) is 6.11. The maximum Gasteiger partial charge on any atom is 0.120 e. The third-order valence-corrected chi connectivity index (χ3v) is 3.48. The van der Waals surface area contributed by atoms with Gasteiger partial charge in [-0.15, -0.1) is 0 Å². The van der Waals surface area contributed by atoms with Crippen LogP contribution in [0.4, 0.5) is 11.4 Å². The highest BCUT2D eigenvalue weighted by atomic mass is 35.5. The predicted molar refractivity (Wildman–Crippen MR) is 88.4 cm³/mol. The molecule has 0 aliphatic carbocycles. The van der Waals surface area contributed by atoms with Gasteiger partial charge >= 0.3 is 0 Å². The molecule has 3 nitrogen and oxygen atoms in total. The quantitative estimate of drug-likeness (QED) is 0.873. The SMILES string of the molecule is COc1cccc(N(C)c2cc(Cl)ccc2C(N)=S)c1. The van der Waals surface area contributed by atoms with Crippen LogP contribution in [-0.2, 0) is 0 Å².